The Hall–Kier alpha value is -2.00. The minimum atomic E-state index is 0.463. The number of fused-ring (bicyclic) bond motifs is 1. The van der Waals surface area contributed by atoms with E-state index in [0.717, 1.165) is 30.3 Å². The van der Waals surface area contributed by atoms with Crippen molar-refractivity contribution in [2.75, 3.05) is 20.8 Å². The predicted octanol–water partition coefficient (Wildman–Crippen LogP) is 5.51. The van der Waals surface area contributed by atoms with Crippen LogP contribution in [0.1, 0.15) is 61.1 Å². The van der Waals surface area contributed by atoms with Gasteiger partial charge in [0, 0.05) is 12.0 Å². The molecular formula is C26H35NO2. The molecule has 2 unspecified atom stereocenters. The zero-order valence-corrected chi connectivity index (χ0v) is 18.0. The van der Waals surface area contributed by atoms with Crippen molar-refractivity contribution in [3.63, 3.8) is 0 Å². The van der Waals surface area contributed by atoms with Crippen LogP contribution in [0.3, 0.4) is 0 Å². The Morgan fingerprint density at radius 2 is 1.62 bits per heavy atom. The molecule has 2 aromatic rings. The fraction of sp³-hybridized carbons (Fsp3) is 0.538. The van der Waals surface area contributed by atoms with Crippen LogP contribution < -0.4 is 14.8 Å². The summed E-state index contributed by atoms with van der Waals surface area (Å²) in [6.45, 7) is 1.17. The first-order valence-electron chi connectivity index (χ1n) is 11.3. The molecule has 1 saturated carbocycles. The molecular weight excluding hydrogens is 358 g/mol. The average Bonchev–Trinajstić information content (AvgIpc) is 2.79. The Kier molecular flexibility index (Phi) is 6.76. The highest BCUT2D eigenvalue weighted by atomic mass is 16.5. The molecule has 0 aliphatic heterocycles. The Bertz CT molecular complexity index is 783. The number of benzene rings is 2. The summed E-state index contributed by atoms with van der Waals surface area (Å²) in [6.07, 6.45) is 10.4. The summed E-state index contributed by atoms with van der Waals surface area (Å²) < 4.78 is 11.2. The summed E-state index contributed by atoms with van der Waals surface area (Å²) in [6, 6.07) is 15.9. The fourth-order valence-electron chi connectivity index (χ4n) is 5.30. The van der Waals surface area contributed by atoms with Gasteiger partial charge in [0.1, 0.15) is 0 Å². The topological polar surface area (TPSA) is 30.5 Å². The third kappa shape index (κ3) is 4.78. The van der Waals surface area contributed by atoms with E-state index in [1.165, 1.54) is 61.8 Å². The van der Waals surface area contributed by atoms with Crippen molar-refractivity contribution in [3.8, 4) is 11.5 Å². The minimum absolute atomic E-state index is 0.463. The molecule has 4 rings (SSSR count). The fourth-order valence-corrected chi connectivity index (χ4v) is 5.30. The largest absolute Gasteiger partial charge is 0.493 e. The van der Waals surface area contributed by atoms with Crippen molar-refractivity contribution in [1.29, 1.82) is 0 Å². The molecule has 0 bridgehead atoms. The van der Waals surface area contributed by atoms with E-state index in [1.807, 2.05) is 0 Å². The van der Waals surface area contributed by atoms with E-state index in [2.05, 4.69) is 47.8 Å². The summed E-state index contributed by atoms with van der Waals surface area (Å²) in [5.74, 6) is 3.01. The lowest BCUT2D eigenvalue weighted by atomic mass is 9.75. The second-order valence-electron chi connectivity index (χ2n) is 8.76. The Labute approximate surface area is 175 Å². The highest BCUT2D eigenvalue weighted by Gasteiger charge is 2.31. The van der Waals surface area contributed by atoms with E-state index in [0.29, 0.717) is 12.0 Å². The number of rotatable bonds is 7. The molecule has 3 heteroatoms. The number of aryl methyl sites for hydroxylation is 1. The van der Waals surface area contributed by atoms with E-state index in [9.17, 15) is 0 Å². The lowest BCUT2D eigenvalue weighted by Crippen LogP contribution is -2.41. The van der Waals surface area contributed by atoms with Crippen LogP contribution in [0.5, 0.6) is 11.5 Å². The van der Waals surface area contributed by atoms with Crippen molar-refractivity contribution < 1.29 is 9.47 Å². The van der Waals surface area contributed by atoms with Crippen LogP contribution in [-0.2, 0) is 12.8 Å². The summed E-state index contributed by atoms with van der Waals surface area (Å²) in [5.41, 5.74) is 4.25. The normalized spacial score (nSPS) is 22.1. The average molecular weight is 394 g/mol. The Morgan fingerprint density at radius 1 is 0.897 bits per heavy atom. The molecule has 2 atom stereocenters. The first-order chi connectivity index (χ1) is 14.3. The number of methoxy groups -OCH3 is 2. The summed E-state index contributed by atoms with van der Waals surface area (Å²) in [7, 11) is 3.46. The van der Waals surface area contributed by atoms with Gasteiger partial charge in [-0.2, -0.15) is 0 Å². The summed E-state index contributed by atoms with van der Waals surface area (Å²) >= 11 is 0. The monoisotopic (exact) mass is 393 g/mol. The van der Waals surface area contributed by atoms with Gasteiger partial charge < -0.3 is 14.8 Å². The van der Waals surface area contributed by atoms with Crippen LogP contribution in [0.15, 0.2) is 42.5 Å². The molecule has 3 nitrogen and oxygen atoms in total. The van der Waals surface area contributed by atoms with Crippen LogP contribution in [0.25, 0.3) is 0 Å². The van der Waals surface area contributed by atoms with Crippen LogP contribution in [0.4, 0.5) is 0 Å². The van der Waals surface area contributed by atoms with Crippen molar-refractivity contribution in [3.05, 3.63) is 59.2 Å². The van der Waals surface area contributed by atoms with E-state index in [-0.39, 0.29) is 0 Å². The predicted molar refractivity (Wildman–Crippen MR) is 119 cm³/mol. The van der Waals surface area contributed by atoms with Gasteiger partial charge in [-0.05, 0) is 73.4 Å². The van der Waals surface area contributed by atoms with Gasteiger partial charge in [0.05, 0.1) is 14.2 Å². The van der Waals surface area contributed by atoms with Crippen molar-refractivity contribution in [2.24, 2.45) is 5.92 Å². The first-order valence-corrected chi connectivity index (χ1v) is 11.3. The van der Waals surface area contributed by atoms with Gasteiger partial charge in [0.15, 0.2) is 11.5 Å². The molecule has 0 saturated heterocycles. The molecule has 29 heavy (non-hydrogen) atoms. The minimum Gasteiger partial charge on any atom is -0.493 e. The van der Waals surface area contributed by atoms with E-state index >= 15 is 0 Å². The molecule has 0 aromatic heterocycles. The van der Waals surface area contributed by atoms with E-state index in [4.69, 9.17) is 9.47 Å². The highest BCUT2D eigenvalue weighted by Crippen LogP contribution is 2.41. The third-order valence-electron chi connectivity index (χ3n) is 6.95. The molecule has 2 aliphatic rings. The maximum Gasteiger partial charge on any atom is 0.161 e. The highest BCUT2D eigenvalue weighted by molar-refractivity contribution is 5.50. The number of ether oxygens (including phenoxy) is 2. The molecule has 156 valence electrons. The molecule has 0 amide bonds. The van der Waals surface area contributed by atoms with Gasteiger partial charge in [-0.25, -0.2) is 0 Å². The molecule has 2 aliphatic carbocycles. The van der Waals surface area contributed by atoms with Gasteiger partial charge in [-0.1, -0.05) is 49.6 Å². The maximum atomic E-state index is 5.65. The van der Waals surface area contributed by atoms with Crippen LogP contribution in [0.2, 0.25) is 0 Å². The second kappa shape index (κ2) is 9.67. The van der Waals surface area contributed by atoms with Crippen LogP contribution in [-0.4, -0.2) is 26.8 Å². The van der Waals surface area contributed by atoms with Gasteiger partial charge in [0.2, 0.25) is 0 Å². The van der Waals surface area contributed by atoms with Gasteiger partial charge in [-0.3, -0.25) is 0 Å². The lowest BCUT2D eigenvalue weighted by Gasteiger charge is -2.36. The second-order valence-corrected chi connectivity index (χ2v) is 8.76. The molecule has 0 spiro atoms. The van der Waals surface area contributed by atoms with Crippen molar-refractivity contribution >= 4 is 0 Å². The molecule has 1 N–H and O–H groups in total. The maximum absolute atomic E-state index is 5.65. The SMILES string of the molecule is COc1cc2c(cc1OC)C(Cc1ccccc1)C(NCC1CCCCC1)CC2. The zero-order chi connectivity index (χ0) is 20.1. The summed E-state index contributed by atoms with van der Waals surface area (Å²) in [5, 5.41) is 4.00. The van der Waals surface area contributed by atoms with Crippen LogP contribution >= 0.6 is 0 Å². The molecule has 2 aromatic carbocycles. The smallest absolute Gasteiger partial charge is 0.161 e. The van der Waals surface area contributed by atoms with Gasteiger partial charge in [-0.15, -0.1) is 0 Å². The lowest BCUT2D eigenvalue weighted by molar-refractivity contribution is 0.300. The van der Waals surface area contributed by atoms with Crippen molar-refractivity contribution in [1.82, 2.24) is 5.32 Å². The number of nitrogens with one attached hydrogen (secondary N) is 1. The first kappa shape index (κ1) is 20.3. The molecule has 0 heterocycles. The summed E-state index contributed by atoms with van der Waals surface area (Å²) in [4.78, 5) is 0. The third-order valence-corrected chi connectivity index (χ3v) is 6.95. The number of hydrogen-bond acceptors (Lipinski definition) is 3. The van der Waals surface area contributed by atoms with E-state index < -0.39 is 0 Å². The Balaban J connectivity index is 1.59. The zero-order valence-electron chi connectivity index (χ0n) is 18.0. The van der Waals surface area contributed by atoms with E-state index in [1.54, 1.807) is 14.2 Å². The van der Waals surface area contributed by atoms with Gasteiger partial charge >= 0.3 is 0 Å². The number of hydrogen-bond donors (Lipinski definition) is 1. The van der Waals surface area contributed by atoms with Crippen LogP contribution in [0, 0.1) is 5.92 Å². The molecule has 0 radical (unpaired) electrons. The van der Waals surface area contributed by atoms with Crippen molar-refractivity contribution in [2.45, 2.75) is 63.3 Å². The molecule has 1 fully saturated rings. The standard InChI is InChI=1S/C26H35NO2/c1-28-25-16-21-13-14-24(27-18-20-11-7-4-8-12-20)23(22(21)17-26(25)29-2)15-19-9-5-3-6-10-19/h3,5-6,9-10,16-17,20,23-24,27H,4,7-8,11-15,18H2,1-2H3. The van der Waals surface area contributed by atoms with Gasteiger partial charge in [0.25, 0.3) is 0 Å². The Morgan fingerprint density at radius 3 is 2.34 bits per heavy atom. The quantitative estimate of drug-likeness (QED) is 0.672.